The Hall–Kier alpha value is -2.43. The fraction of sp³-hybridized carbons (Fsp3) is 0.267. The highest BCUT2D eigenvalue weighted by molar-refractivity contribution is 5.62. The van der Waals surface area contributed by atoms with Crippen LogP contribution in [0.25, 0.3) is 17.0 Å². The Labute approximate surface area is 116 Å². The fourth-order valence-corrected chi connectivity index (χ4v) is 2.44. The predicted octanol–water partition coefficient (Wildman–Crippen LogP) is 2.26. The molecule has 5 heteroatoms. The second kappa shape index (κ2) is 4.59. The lowest BCUT2D eigenvalue weighted by molar-refractivity contribution is 0.963. The second-order valence-electron chi connectivity index (χ2n) is 4.91. The summed E-state index contributed by atoms with van der Waals surface area (Å²) < 4.78 is 1.55. The molecule has 2 heterocycles. The zero-order valence-corrected chi connectivity index (χ0v) is 11.8. The first kappa shape index (κ1) is 12.6. The third kappa shape index (κ3) is 1.82. The topological polar surface area (TPSA) is 63.1 Å². The molecule has 0 bridgehead atoms. The summed E-state index contributed by atoms with van der Waals surface area (Å²) in [6, 6.07) is 7.97. The number of H-pyrrole nitrogens is 1. The van der Waals surface area contributed by atoms with Gasteiger partial charge in [0.2, 0.25) is 0 Å². The summed E-state index contributed by atoms with van der Waals surface area (Å²) in [6.45, 7) is 6.02. The maximum Gasteiger partial charge on any atom is 0.349 e. The minimum Gasteiger partial charge on any atom is -0.246 e. The Kier molecular flexibility index (Phi) is 2.89. The van der Waals surface area contributed by atoms with Crippen LogP contribution in [0.15, 0.2) is 29.1 Å². The Bertz CT molecular complexity index is 827. The van der Waals surface area contributed by atoms with E-state index in [-0.39, 0.29) is 5.69 Å². The number of nitrogens with zero attached hydrogens (tertiary/aromatic N) is 3. The zero-order chi connectivity index (χ0) is 14.3. The van der Waals surface area contributed by atoms with Crippen LogP contribution in [0.2, 0.25) is 0 Å². The Morgan fingerprint density at radius 3 is 2.55 bits per heavy atom. The number of fused-ring (bicyclic) bond motifs is 1. The molecular weight excluding hydrogens is 252 g/mol. The van der Waals surface area contributed by atoms with Gasteiger partial charge >= 0.3 is 5.69 Å². The first-order chi connectivity index (χ1) is 9.61. The van der Waals surface area contributed by atoms with E-state index in [1.807, 2.05) is 45.0 Å². The standard InChI is InChI=1S/C15H16N4O/c1-4-12-10(3)16-13(11-7-5-9(2)6-8-11)19-14(12)17-18-15(19)20/h5-8H,4H2,1-3H3,(H,18,20). The van der Waals surface area contributed by atoms with Crippen LogP contribution >= 0.6 is 0 Å². The molecule has 0 aliphatic rings. The van der Waals surface area contributed by atoms with Gasteiger partial charge < -0.3 is 0 Å². The van der Waals surface area contributed by atoms with Gasteiger partial charge in [0.1, 0.15) is 5.82 Å². The summed E-state index contributed by atoms with van der Waals surface area (Å²) in [5, 5.41) is 6.66. The lowest BCUT2D eigenvalue weighted by Gasteiger charge is -2.09. The van der Waals surface area contributed by atoms with Crippen LogP contribution in [0.3, 0.4) is 0 Å². The van der Waals surface area contributed by atoms with Crippen LogP contribution in [0.4, 0.5) is 0 Å². The molecule has 20 heavy (non-hydrogen) atoms. The molecule has 0 unspecified atom stereocenters. The van der Waals surface area contributed by atoms with Gasteiger partial charge in [-0.05, 0) is 20.3 Å². The van der Waals surface area contributed by atoms with E-state index in [1.165, 1.54) is 5.56 Å². The predicted molar refractivity (Wildman–Crippen MR) is 77.9 cm³/mol. The van der Waals surface area contributed by atoms with Gasteiger partial charge in [-0.15, -0.1) is 0 Å². The number of nitrogens with one attached hydrogen (secondary N) is 1. The van der Waals surface area contributed by atoms with Crippen molar-refractivity contribution in [2.24, 2.45) is 0 Å². The first-order valence-corrected chi connectivity index (χ1v) is 6.65. The number of benzene rings is 1. The van der Waals surface area contributed by atoms with Gasteiger partial charge in [0.25, 0.3) is 0 Å². The number of aromatic amines is 1. The van der Waals surface area contributed by atoms with Crippen LogP contribution in [-0.4, -0.2) is 19.6 Å². The molecule has 0 saturated carbocycles. The van der Waals surface area contributed by atoms with E-state index in [0.717, 1.165) is 23.2 Å². The molecule has 0 atom stereocenters. The van der Waals surface area contributed by atoms with Crippen molar-refractivity contribution in [2.45, 2.75) is 27.2 Å². The van der Waals surface area contributed by atoms with E-state index in [9.17, 15) is 4.79 Å². The molecule has 0 fully saturated rings. The van der Waals surface area contributed by atoms with Crippen molar-refractivity contribution < 1.29 is 0 Å². The highest BCUT2D eigenvalue weighted by Gasteiger charge is 2.15. The maximum absolute atomic E-state index is 12.0. The molecule has 0 amide bonds. The summed E-state index contributed by atoms with van der Waals surface area (Å²) in [6.07, 6.45) is 0.792. The van der Waals surface area contributed by atoms with Crippen molar-refractivity contribution in [3.8, 4) is 11.4 Å². The summed E-state index contributed by atoms with van der Waals surface area (Å²) in [5.74, 6) is 0.633. The lowest BCUT2D eigenvalue weighted by Crippen LogP contribution is -2.14. The summed E-state index contributed by atoms with van der Waals surface area (Å²) >= 11 is 0. The van der Waals surface area contributed by atoms with Crippen LogP contribution < -0.4 is 5.69 Å². The molecule has 0 aliphatic heterocycles. The first-order valence-electron chi connectivity index (χ1n) is 6.65. The van der Waals surface area contributed by atoms with Crippen molar-refractivity contribution >= 4 is 5.65 Å². The van der Waals surface area contributed by atoms with Crippen LogP contribution in [0.1, 0.15) is 23.7 Å². The molecule has 1 aromatic carbocycles. The molecule has 102 valence electrons. The lowest BCUT2D eigenvalue weighted by atomic mass is 10.1. The monoisotopic (exact) mass is 268 g/mol. The largest absolute Gasteiger partial charge is 0.349 e. The molecule has 0 radical (unpaired) electrons. The van der Waals surface area contributed by atoms with E-state index in [4.69, 9.17) is 0 Å². The molecule has 2 aromatic heterocycles. The summed E-state index contributed by atoms with van der Waals surface area (Å²) in [5.41, 5.74) is 4.41. The van der Waals surface area contributed by atoms with Crippen LogP contribution in [-0.2, 0) is 6.42 Å². The molecule has 1 N–H and O–H groups in total. The average molecular weight is 268 g/mol. The van der Waals surface area contributed by atoms with Crippen LogP contribution in [0, 0.1) is 13.8 Å². The van der Waals surface area contributed by atoms with Crippen molar-refractivity contribution in [2.75, 3.05) is 0 Å². The minimum absolute atomic E-state index is 0.252. The molecule has 0 spiro atoms. The van der Waals surface area contributed by atoms with Gasteiger partial charge in [-0.2, -0.15) is 5.10 Å². The van der Waals surface area contributed by atoms with Gasteiger partial charge in [-0.25, -0.2) is 19.3 Å². The van der Waals surface area contributed by atoms with E-state index in [0.29, 0.717) is 11.5 Å². The third-order valence-corrected chi connectivity index (χ3v) is 3.53. The quantitative estimate of drug-likeness (QED) is 0.775. The van der Waals surface area contributed by atoms with Crippen LogP contribution in [0.5, 0.6) is 0 Å². The van der Waals surface area contributed by atoms with Crippen molar-refractivity contribution in [3.63, 3.8) is 0 Å². The molecule has 0 saturated heterocycles. The Morgan fingerprint density at radius 2 is 1.90 bits per heavy atom. The second-order valence-corrected chi connectivity index (χ2v) is 4.91. The maximum atomic E-state index is 12.0. The van der Waals surface area contributed by atoms with E-state index < -0.39 is 0 Å². The van der Waals surface area contributed by atoms with Crippen molar-refractivity contribution in [1.29, 1.82) is 0 Å². The molecular formula is C15H16N4O. The normalized spacial score (nSPS) is 11.2. The number of hydrogen-bond acceptors (Lipinski definition) is 3. The number of hydrogen-bond donors (Lipinski definition) is 1. The van der Waals surface area contributed by atoms with Crippen molar-refractivity contribution in [3.05, 3.63) is 51.6 Å². The minimum atomic E-state index is -0.252. The van der Waals surface area contributed by atoms with Gasteiger partial charge in [0.15, 0.2) is 5.65 Å². The molecule has 3 aromatic rings. The Balaban J connectivity index is 2.39. The van der Waals surface area contributed by atoms with Gasteiger partial charge in [-0.3, -0.25) is 0 Å². The van der Waals surface area contributed by atoms with Gasteiger partial charge in [0, 0.05) is 16.8 Å². The van der Waals surface area contributed by atoms with E-state index >= 15 is 0 Å². The van der Waals surface area contributed by atoms with Crippen molar-refractivity contribution in [1.82, 2.24) is 19.6 Å². The average Bonchev–Trinajstić information content (AvgIpc) is 2.81. The fourth-order valence-electron chi connectivity index (χ4n) is 2.44. The molecule has 3 rings (SSSR count). The van der Waals surface area contributed by atoms with E-state index in [1.54, 1.807) is 4.40 Å². The third-order valence-electron chi connectivity index (χ3n) is 3.53. The Morgan fingerprint density at radius 1 is 1.20 bits per heavy atom. The number of rotatable bonds is 2. The molecule has 5 nitrogen and oxygen atoms in total. The SMILES string of the molecule is CCc1c(C)nc(-c2ccc(C)cc2)n2c(=O)[nH]nc12. The van der Waals surface area contributed by atoms with Gasteiger partial charge in [0.05, 0.1) is 0 Å². The molecule has 0 aliphatic carbocycles. The highest BCUT2D eigenvalue weighted by Crippen LogP contribution is 2.21. The highest BCUT2D eigenvalue weighted by atomic mass is 16.1. The number of aromatic nitrogens is 4. The summed E-state index contributed by atoms with van der Waals surface area (Å²) in [4.78, 5) is 16.6. The van der Waals surface area contributed by atoms with Gasteiger partial charge in [-0.1, -0.05) is 36.8 Å². The van der Waals surface area contributed by atoms with E-state index in [2.05, 4.69) is 15.2 Å². The summed E-state index contributed by atoms with van der Waals surface area (Å²) in [7, 11) is 0. The smallest absolute Gasteiger partial charge is 0.246 e. The number of aryl methyl sites for hydroxylation is 3. The zero-order valence-electron chi connectivity index (χ0n) is 11.8.